The zero-order valence-electron chi connectivity index (χ0n) is 11.4. The Morgan fingerprint density at radius 2 is 0.938 bits per heavy atom. The minimum Gasteiger partial charge on any atom is -0.396 e. The third-order valence-electron chi connectivity index (χ3n) is 2.02. The average molecular weight is 253 g/mol. The molecule has 88 valence electrons. The standard InChI is InChI=1S/2C6H14O.2Mg/c2*1-2-3-4-5-6-7;;/h2*7H,2-6H2,1H3;;/q;;2*+2. The summed E-state index contributed by atoms with van der Waals surface area (Å²) in [5.74, 6) is 0. The van der Waals surface area contributed by atoms with Crippen molar-refractivity contribution in [3.63, 3.8) is 0 Å². The molecule has 0 heterocycles. The summed E-state index contributed by atoms with van der Waals surface area (Å²) >= 11 is 3.78. The van der Waals surface area contributed by atoms with Crippen molar-refractivity contribution in [2.75, 3.05) is 13.2 Å². The van der Waals surface area contributed by atoms with E-state index in [-0.39, 0.29) is 0 Å². The van der Waals surface area contributed by atoms with Gasteiger partial charge in [0.1, 0.15) is 0 Å². The lowest BCUT2D eigenvalue weighted by atomic mass is 10.2. The Morgan fingerprint density at radius 3 is 1.12 bits per heavy atom. The molecule has 0 spiro atoms. The first-order valence-electron chi connectivity index (χ1n) is 6.55. The van der Waals surface area contributed by atoms with Gasteiger partial charge in [0.25, 0.3) is 0 Å². The maximum absolute atomic E-state index is 8.29. The van der Waals surface area contributed by atoms with Gasteiger partial charge in [-0.15, -0.1) is 0 Å². The van der Waals surface area contributed by atoms with Crippen LogP contribution in [0.4, 0.5) is 0 Å². The summed E-state index contributed by atoms with van der Waals surface area (Å²) in [5, 5.41) is 16.6. The number of hydrogen-bond donors (Lipinski definition) is 2. The van der Waals surface area contributed by atoms with Crippen LogP contribution in [0.3, 0.4) is 0 Å². The van der Waals surface area contributed by atoms with Gasteiger partial charge >= 0.3 is 36.1 Å². The van der Waals surface area contributed by atoms with Crippen molar-refractivity contribution in [1.82, 2.24) is 0 Å². The molecule has 0 amide bonds. The summed E-state index contributed by atoms with van der Waals surface area (Å²) in [6.07, 6.45) is 9.36. The molecule has 4 heteroatoms. The van der Waals surface area contributed by atoms with Gasteiger partial charge in [0.05, 0.1) is 0 Å². The van der Waals surface area contributed by atoms with Gasteiger partial charge in [0.2, 0.25) is 0 Å². The quantitative estimate of drug-likeness (QED) is 0.515. The molecule has 0 unspecified atom stereocenters. The molecule has 16 heavy (non-hydrogen) atoms. The Kier molecular flexibility index (Phi) is 42.3. The van der Waals surface area contributed by atoms with E-state index in [4.69, 9.17) is 10.2 Å². The lowest BCUT2D eigenvalue weighted by molar-refractivity contribution is 0.282. The molecule has 0 aromatic heterocycles. The summed E-state index contributed by atoms with van der Waals surface area (Å²) in [6.45, 7) is 5.05. The monoisotopic (exact) mass is 252 g/mol. The van der Waals surface area contributed by atoms with E-state index in [1.54, 1.807) is 0 Å². The van der Waals surface area contributed by atoms with Gasteiger partial charge < -0.3 is 10.2 Å². The Morgan fingerprint density at radius 1 is 0.625 bits per heavy atom. The summed E-state index contributed by atoms with van der Waals surface area (Å²) in [4.78, 5) is 0. The van der Waals surface area contributed by atoms with Gasteiger partial charge in [-0.05, 0) is 12.8 Å². The maximum atomic E-state index is 8.29. The van der Waals surface area contributed by atoms with Crippen LogP contribution in [-0.4, -0.2) is 59.5 Å². The third kappa shape index (κ3) is 36.1. The average Bonchev–Trinajstić information content (AvgIpc) is 2.34. The molecule has 0 aliphatic heterocycles. The second-order valence-corrected chi connectivity index (χ2v) is 3.57. The van der Waals surface area contributed by atoms with Crippen LogP contribution in [0.15, 0.2) is 0 Å². The Bertz CT molecular complexity index is 65.4. The van der Waals surface area contributed by atoms with Gasteiger partial charge in [-0.2, -0.15) is 0 Å². The molecule has 0 rings (SSSR count). The van der Waals surface area contributed by atoms with Crippen molar-refractivity contribution in [3.05, 3.63) is 0 Å². The van der Waals surface area contributed by atoms with E-state index in [1.807, 2.05) is 36.1 Å². The molecule has 14 radical (unpaired) electrons. The second kappa shape index (κ2) is 30.0. The zero-order valence-corrected chi connectivity index (χ0v) is 14.2. The molecule has 0 aliphatic carbocycles. The Hall–Kier alpha value is 1.45. The largest absolute Gasteiger partial charge is 2.00 e. The number of aliphatic hydroxyl groups excluding tert-OH is 2. The van der Waals surface area contributed by atoms with E-state index < -0.39 is 0 Å². The smallest absolute Gasteiger partial charge is 0.396 e. The van der Waals surface area contributed by atoms with Crippen molar-refractivity contribution < 1.29 is 10.2 Å². The van der Waals surface area contributed by atoms with Crippen LogP contribution in [0.5, 0.6) is 0 Å². The minimum atomic E-state index is 0.361. The molecule has 0 bridgehead atoms. The van der Waals surface area contributed by atoms with E-state index >= 15 is 0 Å². The molecule has 0 aliphatic rings. The highest BCUT2D eigenvalue weighted by Gasteiger charge is 3.00. The highest BCUT2D eigenvalue weighted by atomic mass is 25.3. The summed E-state index contributed by atoms with van der Waals surface area (Å²) < 4.78 is 0. The zero-order chi connectivity index (χ0) is 13.1. The van der Waals surface area contributed by atoms with E-state index in [9.17, 15) is 0 Å². The van der Waals surface area contributed by atoms with Gasteiger partial charge in [-0.25, -0.2) is 0 Å². The topological polar surface area (TPSA) is 40.5 Å². The Labute approximate surface area is 124 Å². The Balaban J connectivity index is -0.000000183. The molecule has 0 atom stereocenters. The third-order valence-corrected chi connectivity index (χ3v) is 2.02. The summed E-state index contributed by atoms with van der Waals surface area (Å²) in [5.41, 5.74) is 0. The first-order valence-corrected chi connectivity index (χ1v) is 10.5. The van der Waals surface area contributed by atoms with Crippen molar-refractivity contribution in [1.29, 1.82) is 0 Å². The maximum Gasteiger partial charge on any atom is 2.00 e. The molecular formula is C12H28Mg2O2+4. The minimum absolute atomic E-state index is 0.361. The van der Waals surface area contributed by atoms with Crippen molar-refractivity contribution in [2.45, 2.75) is 65.2 Å². The normalized spacial score (nSPS) is 8.62. The first-order chi connectivity index (χ1) is 7.83. The van der Waals surface area contributed by atoms with Crippen LogP contribution >= 0.6 is 0 Å². The lowest BCUT2D eigenvalue weighted by Gasteiger charge is -1.90. The molecule has 0 saturated heterocycles. The fraction of sp³-hybridized carbons (Fsp3) is 1.00. The summed E-state index contributed by atoms with van der Waals surface area (Å²) in [7, 11) is 0. The second-order valence-electron chi connectivity index (χ2n) is 3.57. The number of hydrogen-bond acceptors (Lipinski definition) is 2. The van der Waals surface area contributed by atoms with Gasteiger partial charge in [0.15, 0.2) is 0 Å². The fourth-order valence-electron chi connectivity index (χ4n) is 1.08. The van der Waals surface area contributed by atoms with E-state index in [0.717, 1.165) is 12.8 Å². The van der Waals surface area contributed by atoms with Crippen molar-refractivity contribution in [2.24, 2.45) is 0 Å². The molecule has 0 aromatic rings. The molecule has 2 nitrogen and oxygen atoms in total. The molecule has 2 N–H and O–H groups in total. The van der Waals surface area contributed by atoms with Crippen LogP contribution in [0.2, 0.25) is 0 Å². The predicted molar refractivity (Wildman–Crippen MR) is 74.0 cm³/mol. The van der Waals surface area contributed by atoms with Crippen LogP contribution in [0.25, 0.3) is 0 Å². The number of rotatable bonds is 8. The number of unbranched alkanes of at least 4 members (excludes halogenated alkanes) is 6. The SMILES string of the molecule is CCCCCCO.CCCCCCO.[Mg+2][Mg+2]. The van der Waals surface area contributed by atoms with E-state index in [2.05, 4.69) is 13.8 Å². The molecular weight excluding hydrogens is 225 g/mol. The van der Waals surface area contributed by atoms with Gasteiger partial charge in [-0.3, -0.25) is 0 Å². The van der Waals surface area contributed by atoms with Crippen LogP contribution in [-0.2, 0) is 0 Å². The molecule has 0 aromatic carbocycles. The van der Waals surface area contributed by atoms with Crippen molar-refractivity contribution >= 4 is 36.1 Å². The fourth-order valence-corrected chi connectivity index (χ4v) is 1.08. The van der Waals surface area contributed by atoms with Crippen LogP contribution in [0, 0.1) is 0 Å². The van der Waals surface area contributed by atoms with Crippen LogP contribution in [0.1, 0.15) is 65.2 Å². The van der Waals surface area contributed by atoms with Crippen LogP contribution < -0.4 is 0 Å². The highest BCUT2D eigenvalue weighted by molar-refractivity contribution is 6.75. The summed E-state index contributed by atoms with van der Waals surface area (Å²) in [6, 6.07) is 0. The highest BCUT2D eigenvalue weighted by Crippen LogP contribution is 1.96. The van der Waals surface area contributed by atoms with E-state index in [1.165, 1.54) is 38.5 Å². The molecule has 0 saturated carbocycles. The predicted octanol–water partition coefficient (Wildman–Crippen LogP) is 2.36. The number of aliphatic hydroxyl groups is 2. The van der Waals surface area contributed by atoms with Gasteiger partial charge in [-0.1, -0.05) is 52.4 Å². The van der Waals surface area contributed by atoms with Crippen molar-refractivity contribution in [3.8, 4) is 0 Å². The van der Waals surface area contributed by atoms with Gasteiger partial charge in [0, 0.05) is 13.2 Å². The van der Waals surface area contributed by atoms with E-state index in [0.29, 0.717) is 13.2 Å². The lowest BCUT2D eigenvalue weighted by Crippen LogP contribution is -1.80. The molecule has 0 fully saturated rings. The first kappa shape index (κ1) is 22.6.